The Hall–Kier alpha value is -3.06. The van der Waals surface area contributed by atoms with Crippen LogP contribution in [0.5, 0.6) is 0 Å². The Morgan fingerprint density at radius 2 is 1.71 bits per heavy atom. The van der Waals surface area contributed by atoms with Gasteiger partial charge in [0.15, 0.2) is 0 Å². The van der Waals surface area contributed by atoms with E-state index in [0.717, 1.165) is 28.0 Å². The largest absolute Gasteiger partial charge is 0.335 e. The van der Waals surface area contributed by atoms with Crippen LogP contribution in [0.25, 0.3) is 16.8 Å². The molecule has 9 heteroatoms. The summed E-state index contributed by atoms with van der Waals surface area (Å²) in [5.74, 6) is -0.614. The third-order valence-corrected chi connectivity index (χ3v) is 7.13. The van der Waals surface area contributed by atoms with E-state index in [-0.39, 0.29) is 17.9 Å². The summed E-state index contributed by atoms with van der Waals surface area (Å²) < 4.78 is 38.4. The zero-order valence-corrected chi connectivity index (χ0v) is 20.6. The van der Waals surface area contributed by atoms with Gasteiger partial charge in [-0.1, -0.05) is 12.1 Å². The fraction of sp³-hybridized carbons (Fsp3) is 0.280. The zero-order valence-electron chi connectivity index (χ0n) is 19.7. The van der Waals surface area contributed by atoms with Gasteiger partial charge in [0, 0.05) is 29.9 Å². The molecule has 0 fully saturated rings. The third-order valence-electron chi connectivity index (χ3n) is 5.08. The molecular formula is C25H29FN3O4P. The van der Waals surface area contributed by atoms with Gasteiger partial charge in [0.25, 0.3) is 0 Å². The van der Waals surface area contributed by atoms with Crippen molar-refractivity contribution in [3.63, 3.8) is 0 Å². The number of benzene rings is 2. The second-order valence-corrected chi connectivity index (χ2v) is 9.71. The number of carbonyl (C=O) groups excluding carboxylic acids is 1. The van der Waals surface area contributed by atoms with E-state index in [1.165, 1.54) is 18.2 Å². The van der Waals surface area contributed by atoms with Crippen molar-refractivity contribution in [2.45, 2.75) is 26.9 Å². The number of aromatic nitrogens is 2. The Balaban J connectivity index is 1.72. The number of nitrogens with one attached hydrogen (secondary N) is 1. The van der Waals surface area contributed by atoms with Crippen molar-refractivity contribution in [3.8, 4) is 11.3 Å². The van der Waals surface area contributed by atoms with Crippen molar-refractivity contribution in [3.05, 3.63) is 77.7 Å². The van der Waals surface area contributed by atoms with E-state index in [2.05, 4.69) is 10.4 Å². The first kappa shape index (κ1) is 25.6. The van der Waals surface area contributed by atoms with Gasteiger partial charge >= 0.3 is 7.60 Å². The van der Waals surface area contributed by atoms with Gasteiger partial charge in [-0.05, 0) is 68.3 Å². The van der Waals surface area contributed by atoms with E-state index in [9.17, 15) is 13.8 Å². The highest BCUT2D eigenvalue weighted by atomic mass is 31.2. The van der Waals surface area contributed by atoms with Crippen molar-refractivity contribution in [1.29, 1.82) is 0 Å². The summed E-state index contributed by atoms with van der Waals surface area (Å²) in [6.45, 7) is 5.97. The normalized spacial score (nSPS) is 12.1. The number of carbonyl (C=O) groups is 1. The molecule has 1 heterocycles. The molecular weight excluding hydrogens is 456 g/mol. The number of rotatable bonds is 10. The quantitative estimate of drug-likeness (QED) is 0.280. The van der Waals surface area contributed by atoms with Crippen LogP contribution in [0.2, 0.25) is 0 Å². The Bertz CT molecular complexity index is 1190. The average Bonchev–Trinajstić information content (AvgIpc) is 3.17. The standard InChI is InChI=1S/C25H29FN3O4P/c1-5-32-34(31,33-6-2)17-19-7-13-22(14-8-19)28-24(30)15-18(3)23-16-27-29(4)25(23)20-9-11-21(26)12-10-20/h7-16H,5-6,17H2,1-4H3,(H,28,30)/b18-15+. The lowest BCUT2D eigenvalue weighted by molar-refractivity contribution is -0.111. The first-order chi connectivity index (χ1) is 16.2. The van der Waals surface area contributed by atoms with Crippen molar-refractivity contribution >= 4 is 24.8 Å². The number of allylic oxidation sites excluding steroid dienone is 1. The highest BCUT2D eigenvalue weighted by molar-refractivity contribution is 7.53. The molecule has 2 aromatic carbocycles. The van der Waals surface area contributed by atoms with Crippen LogP contribution in [0.1, 0.15) is 31.9 Å². The van der Waals surface area contributed by atoms with Crippen LogP contribution in [0.15, 0.2) is 60.8 Å². The van der Waals surface area contributed by atoms with Crippen molar-refractivity contribution in [2.24, 2.45) is 7.05 Å². The molecule has 0 unspecified atom stereocenters. The predicted octanol–water partition coefficient (Wildman–Crippen LogP) is 6.03. The molecule has 0 aliphatic heterocycles. The molecule has 34 heavy (non-hydrogen) atoms. The first-order valence-electron chi connectivity index (χ1n) is 11.0. The summed E-state index contributed by atoms with van der Waals surface area (Å²) in [4.78, 5) is 12.6. The molecule has 1 aromatic heterocycles. The van der Waals surface area contributed by atoms with Gasteiger partial charge in [-0.3, -0.25) is 14.0 Å². The summed E-state index contributed by atoms with van der Waals surface area (Å²) in [6.07, 6.45) is 3.34. The minimum absolute atomic E-state index is 0.162. The minimum Gasteiger partial charge on any atom is -0.323 e. The molecule has 3 rings (SSSR count). The lowest BCUT2D eigenvalue weighted by atomic mass is 10.0. The van der Waals surface area contributed by atoms with E-state index < -0.39 is 7.60 Å². The smallest absolute Gasteiger partial charge is 0.323 e. The molecule has 0 aliphatic rings. The summed E-state index contributed by atoms with van der Waals surface area (Å²) >= 11 is 0. The van der Waals surface area contributed by atoms with Crippen molar-refractivity contribution < 1.29 is 22.8 Å². The molecule has 1 N–H and O–H groups in total. The number of hydrogen-bond donors (Lipinski definition) is 1. The van der Waals surface area contributed by atoms with Crippen molar-refractivity contribution in [2.75, 3.05) is 18.5 Å². The number of nitrogens with zero attached hydrogens (tertiary/aromatic N) is 2. The molecule has 3 aromatic rings. The lowest BCUT2D eigenvalue weighted by Gasteiger charge is -2.17. The monoisotopic (exact) mass is 485 g/mol. The lowest BCUT2D eigenvalue weighted by Crippen LogP contribution is -2.08. The summed E-state index contributed by atoms with van der Waals surface area (Å²) in [7, 11) is -1.39. The van der Waals surface area contributed by atoms with Gasteiger partial charge in [0.2, 0.25) is 5.91 Å². The zero-order chi connectivity index (χ0) is 24.7. The van der Waals surface area contributed by atoms with Gasteiger partial charge < -0.3 is 14.4 Å². The molecule has 1 amide bonds. The summed E-state index contributed by atoms with van der Waals surface area (Å²) in [5, 5.41) is 7.13. The molecule has 0 saturated carbocycles. The second kappa shape index (κ2) is 11.4. The SMILES string of the molecule is CCOP(=O)(Cc1ccc(NC(=O)/C=C(\C)c2cnn(C)c2-c2ccc(F)cc2)cc1)OCC. The van der Waals surface area contributed by atoms with Crippen molar-refractivity contribution in [1.82, 2.24) is 9.78 Å². The maximum atomic E-state index is 13.3. The van der Waals surface area contributed by atoms with Gasteiger partial charge in [0.05, 0.1) is 31.3 Å². The van der Waals surface area contributed by atoms with Crippen LogP contribution >= 0.6 is 7.60 Å². The number of halogens is 1. The molecule has 0 spiro atoms. The molecule has 0 saturated heterocycles. The molecule has 0 atom stereocenters. The second-order valence-electron chi connectivity index (χ2n) is 7.66. The average molecular weight is 485 g/mol. The highest BCUT2D eigenvalue weighted by Crippen LogP contribution is 2.51. The first-order valence-corrected chi connectivity index (χ1v) is 12.7. The molecule has 180 valence electrons. The van der Waals surface area contributed by atoms with Crippen LogP contribution in [-0.4, -0.2) is 28.9 Å². The molecule has 0 aliphatic carbocycles. The number of aryl methyl sites for hydroxylation is 1. The Morgan fingerprint density at radius 1 is 1.09 bits per heavy atom. The number of hydrogen-bond acceptors (Lipinski definition) is 5. The van der Waals surface area contributed by atoms with Crippen LogP contribution in [0, 0.1) is 5.82 Å². The van der Waals surface area contributed by atoms with Crippen LogP contribution < -0.4 is 5.32 Å². The molecule has 0 radical (unpaired) electrons. The molecule has 7 nitrogen and oxygen atoms in total. The Morgan fingerprint density at radius 3 is 2.29 bits per heavy atom. The van der Waals surface area contributed by atoms with Gasteiger partial charge in [-0.2, -0.15) is 5.10 Å². The highest BCUT2D eigenvalue weighted by Gasteiger charge is 2.24. The summed E-state index contributed by atoms with van der Waals surface area (Å²) in [5.41, 5.74) is 4.48. The predicted molar refractivity (Wildman–Crippen MR) is 132 cm³/mol. The van der Waals surface area contributed by atoms with E-state index in [1.807, 2.05) is 6.92 Å². The number of amides is 1. The molecule has 0 bridgehead atoms. The third kappa shape index (κ3) is 6.50. The minimum atomic E-state index is -3.19. The fourth-order valence-electron chi connectivity index (χ4n) is 3.57. The van der Waals surface area contributed by atoms with Gasteiger partial charge in [0.1, 0.15) is 5.82 Å². The van der Waals surface area contributed by atoms with Gasteiger partial charge in [-0.15, -0.1) is 0 Å². The van der Waals surface area contributed by atoms with Gasteiger partial charge in [-0.25, -0.2) is 4.39 Å². The van der Waals surface area contributed by atoms with E-state index >= 15 is 0 Å². The summed E-state index contributed by atoms with van der Waals surface area (Å²) in [6, 6.07) is 13.2. The topological polar surface area (TPSA) is 82.5 Å². The Labute approximate surface area is 199 Å². The van der Waals surface area contributed by atoms with Crippen LogP contribution in [0.4, 0.5) is 10.1 Å². The van der Waals surface area contributed by atoms with E-state index in [0.29, 0.717) is 18.9 Å². The number of anilines is 1. The fourth-order valence-corrected chi connectivity index (χ4v) is 5.27. The van der Waals surface area contributed by atoms with Crippen LogP contribution in [0.3, 0.4) is 0 Å². The van der Waals surface area contributed by atoms with E-state index in [4.69, 9.17) is 9.05 Å². The maximum absolute atomic E-state index is 13.3. The van der Waals surface area contributed by atoms with Crippen LogP contribution in [-0.2, 0) is 31.6 Å². The maximum Gasteiger partial charge on any atom is 0.335 e. The van der Waals surface area contributed by atoms with E-state index in [1.54, 1.807) is 68.2 Å². The Kier molecular flexibility index (Phi) is 8.56.